The van der Waals surface area contributed by atoms with Gasteiger partial charge in [0.15, 0.2) is 18.1 Å². The number of nitrogens with one attached hydrogen (secondary N) is 1. The summed E-state index contributed by atoms with van der Waals surface area (Å²) in [7, 11) is 0. The van der Waals surface area contributed by atoms with Crippen LogP contribution in [0.5, 0.6) is 11.5 Å². The Morgan fingerprint density at radius 2 is 2.04 bits per heavy atom. The molecule has 0 saturated carbocycles. The normalized spacial score (nSPS) is 12.6. The summed E-state index contributed by atoms with van der Waals surface area (Å²) in [5.74, 6) is 0.240. The van der Waals surface area contributed by atoms with Crippen LogP contribution in [-0.2, 0) is 11.4 Å². The van der Waals surface area contributed by atoms with E-state index in [0.29, 0.717) is 29.4 Å². The average molecular weight is 324 g/mol. The molecule has 3 rings (SSSR count). The molecule has 0 aromatic heterocycles. The van der Waals surface area contributed by atoms with Crippen LogP contribution in [0.1, 0.15) is 15.9 Å². The van der Waals surface area contributed by atoms with Crippen LogP contribution < -0.4 is 14.8 Å². The van der Waals surface area contributed by atoms with Gasteiger partial charge in [-0.1, -0.05) is 30.3 Å². The van der Waals surface area contributed by atoms with Crippen molar-refractivity contribution in [3.8, 4) is 11.5 Å². The molecule has 1 N–H and O–H groups in total. The summed E-state index contributed by atoms with van der Waals surface area (Å²) in [5, 5.41) is 2.71. The molecule has 2 aromatic carbocycles. The Hall–Kier alpha value is -3.15. The monoisotopic (exact) mass is 324 g/mol. The van der Waals surface area contributed by atoms with Gasteiger partial charge in [0, 0.05) is 0 Å². The second-order valence-corrected chi connectivity index (χ2v) is 5.23. The third-order valence-corrected chi connectivity index (χ3v) is 3.52. The minimum absolute atomic E-state index is 0.0477. The predicted molar refractivity (Wildman–Crippen MR) is 90.1 cm³/mol. The quantitative estimate of drug-likeness (QED) is 0.654. The number of hydrogen-bond acceptors (Lipinski definition) is 5. The van der Waals surface area contributed by atoms with Gasteiger partial charge in [-0.25, -0.2) is 0 Å². The molecule has 0 unspecified atom stereocenters. The van der Waals surface area contributed by atoms with Crippen molar-refractivity contribution in [1.29, 1.82) is 0 Å². The number of Topliss-reactive ketones (excluding diaryl/α,β-unsaturated/α-hetero) is 1. The zero-order chi connectivity index (χ0) is 16.9. The summed E-state index contributed by atoms with van der Waals surface area (Å²) in [5.41, 5.74) is 1.71. The van der Waals surface area contributed by atoms with Gasteiger partial charge in [0.2, 0.25) is 0 Å². The molecule has 0 radical (unpaired) electrons. The van der Waals surface area contributed by atoms with Crippen LogP contribution in [0.2, 0.25) is 0 Å². The first kappa shape index (κ1) is 15.7. The fourth-order valence-corrected chi connectivity index (χ4v) is 2.41. The van der Waals surface area contributed by atoms with Gasteiger partial charge in [0.25, 0.3) is 5.91 Å². The van der Waals surface area contributed by atoms with Crippen molar-refractivity contribution in [2.45, 2.75) is 6.61 Å². The number of benzene rings is 2. The molecule has 24 heavy (non-hydrogen) atoms. The minimum atomic E-state index is -0.293. The van der Waals surface area contributed by atoms with Crippen molar-refractivity contribution in [3.63, 3.8) is 0 Å². The van der Waals surface area contributed by atoms with Crippen LogP contribution in [0, 0.1) is 0 Å². The van der Waals surface area contributed by atoms with E-state index in [1.165, 1.54) is 0 Å². The molecule has 0 bridgehead atoms. The van der Waals surface area contributed by atoms with Gasteiger partial charge in [-0.15, -0.1) is 0 Å². The van der Waals surface area contributed by atoms with Gasteiger partial charge in [0.1, 0.15) is 24.6 Å². The Balaban J connectivity index is 1.91. The zero-order valence-corrected chi connectivity index (χ0v) is 13.0. The number of fused-ring (bicyclic) bond motifs is 1. The first-order chi connectivity index (χ1) is 11.7. The number of ketones is 1. The van der Waals surface area contributed by atoms with Gasteiger partial charge < -0.3 is 14.8 Å². The van der Waals surface area contributed by atoms with E-state index in [0.717, 1.165) is 5.56 Å². The van der Waals surface area contributed by atoms with E-state index in [1.54, 1.807) is 12.1 Å². The number of rotatable bonds is 6. The maximum Gasteiger partial charge on any atom is 0.262 e. The number of aliphatic imine (C=N–C) groups is 1. The van der Waals surface area contributed by atoms with Crippen LogP contribution >= 0.6 is 0 Å². The molecule has 0 aliphatic carbocycles. The summed E-state index contributed by atoms with van der Waals surface area (Å²) >= 11 is 0. The lowest BCUT2D eigenvalue weighted by Crippen LogP contribution is -2.27. The average Bonchev–Trinajstić information content (AvgIpc) is 2.60. The number of carbonyl (C=O) groups is 2. The standard InChI is InChI=1S/C18H16N2O4/c1-19-9-14(21)13-7-8-15(17-18(13)24-11-16(22)20-17)23-10-12-5-3-2-4-6-12/h2-8H,1,9-11H2,(H,20,22). The molecule has 1 aliphatic heterocycles. The minimum Gasteiger partial charge on any atom is -0.487 e. The number of nitrogens with zero attached hydrogens (tertiary/aromatic N) is 1. The lowest BCUT2D eigenvalue weighted by atomic mass is 10.1. The van der Waals surface area contributed by atoms with Crippen molar-refractivity contribution < 1.29 is 19.1 Å². The number of carbonyl (C=O) groups excluding carboxylic acids is 2. The molecule has 0 atom stereocenters. The van der Waals surface area contributed by atoms with Crippen molar-refractivity contribution in [2.24, 2.45) is 4.99 Å². The zero-order valence-electron chi connectivity index (χ0n) is 13.0. The summed E-state index contributed by atoms with van der Waals surface area (Å²) in [6.45, 7) is 3.47. The maximum absolute atomic E-state index is 12.1. The second-order valence-electron chi connectivity index (χ2n) is 5.23. The summed E-state index contributed by atoms with van der Waals surface area (Å²) in [6, 6.07) is 12.9. The Kier molecular flexibility index (Phi) is 4.56. The first-order valence-corrected chi connectivity index (χ1v) is 7.41. The molecule has 1 heterocycles. The molecule has 0 fully saturated rings. The summed E-state index contributed by atoms with van der Waals surface area (Å²) in [4.78, 5) is 27.4. The first-order valence-electron chi connectivity index (χ1n) is 7.41. The van der Waals surface area contributed by atoms with E-state index in [9.17, 15) is 9.59 Å². The molecule has 6 heteroatoms. The van der Waals surface area contributed by atoms with Crippen molar-refractivity contribution in [3.05, 3.63) is 53.6 Å². The van der Waals surface area contributed by atoms with Crippen molar-refractivity contribution >= 4 is 24.1 Å². The van der Waals surface area contributed by atoms with E-state index >= 15 is 0 Å². The Bertz CT molecular complexity index is 787. The van der Waals surface area contributed by atoms with E-state index in [2.05, 4.69) is 17.0 Å². The molecule has 122 valence electrons. The maximum atomic E-state index is 12.1. The van der Waals surface area contributed by atoms with E-state index in [-0.39, 0.29) is 24.8 Å². The second kappa shape index (κ2) is 6.95. The smallest absolute Gasteiger partial charge is 0.262 e. The molecule has 2 aromatic rings. The van der Waals surface area contributed by atoms with E-state index in [4.69, 9.17) is 9.47 Å². The van der Waals surface area contributed by atoms with Crippen LogP contribution in [0.25, 0.3) is 0 Å². The van der Waals surface area contributed by atoms with Crippen molar-refractivity contribution in [1.82, 2.24) is 0 Å². The highest BCUT2D eigenvalue weighted by Gasteiger charge is 2.26. The Morgan fingerprint density at radius 3 is 2.79 bits per heavy atom. The highest BCUT2D eigenvalue weighted by atomic mass is 16.5. The predicted octanol–water partition coefficient (Wildman–Crippen LogP) is 2.48. The molecule has 1 amide bonds. The topological polar surface area (TPSA) is 77.0 Å². The van der Waals surface area contributed by atoms with Gasteiger partial charge in [-0.3, -0.25) is 14.6 Å². The number of amides is 1. The number of hydrogen-bond donors (Lipinski definition) is 1. The lowest BCUT2D eigenvalue weighted by Gasteiger charge is -2.23. The number of anilines is 1. The number of ether oxygens (including phenoxy) is 2. The molecular weight excluding hydrogens is 308 g/mol. The van der Waals surface area contributed by atoms with E-state index < -0.39 is 0 Å². The highest BCUT2D eigenvalue weighted by molar-refractivity contribution is 6.06. The van der Waals surface area contributed by atoms with Gasteiger partial charge in [-0.05, 0) is 24.4 Å². The fraction of sp³-hybridized carbons (Fsp3) is 0.167. The third-order valence-electron chi connectivity index (χ3n) is 3.52. The summed E-state index contributed by atoms with van der Waals surface area (Å²) in [6.07, 6.45) is 0. The SMILES string of the molecule is C=NCC(=O)c1ccc(OCc2ccccc2)c2c1OCC(=O)N2. The lowest BCUT2D eigenvalue weighted by molar-refractivity contribution is -0.118. The van der Waals surface area contributed by atoms with Crippen molar-refractivity contribution in [2.75, 3.05) is 18.5 Å². The van der Waals surface area contributed by atoms with Crippen LogP contribution in [-0.4, -0.2) is 31.6 Å². The molecule has 0 spiro atoms. The van der Waals surface area contributed by atoms with Gasteiger partial charge in [-0.2, -0.15) is 0 Å². The summed E-state index contributed by atoms with van der Waals surface area (Å²) < 4.78 is 11.2. The fourth-order valence-electron chi connectivity index (χ4n) is 2.41. The van der Waals surface area contributed by atoms with Gasteiger partial charge >= 0.3 is 0 Å². The Morgan fingerprint density at radius 1 is 1.25 bits per heavy atom. The highest BCUT2D eigenvalue weighted by Crippen LogP contribution is 2.40. The molecular formula is C18H16N2O4. The largest absolute Gasteiger partial charge is 0.487 e. The third kappa shape index (κ3) is 3.27. The van der Waals surface area contributed by atoms with Gasteiger partial charge in [0.05, 0.1) is 5.56 Å². The van der Waals surface area contributed by atoms with E-state index in [1.807, 2.05) is 30.3 Å². The van der Waals surface area contributed by atoms with Crippen LogP contribution in [0.15, 0.2) is 47.5 Å². The molecule has 0 saturated heterocycles. The van der Waals surface area contributed by atoms with Crippen LogP contribution in [0.4, 0.5) is 5.69 Å². The molecule has 1 aliphatic rings. The van der Waals surface area contributed by atoms with Crippen LogP contribution in [0.3, 0.4) is 0 Å². The Labute approximate surface area is 139 Å². The molecule has 6 nitrogen and oxygen atoms in total.